The molecule has 1 aromatic carbocycles. The minimum atomic E-state index is -1.12. The molecule has 2 N–H and O–H groups in total. The predicted molar refractivity (Wildman–Crippen MR) is 151 cm³/mol. The Labute approximate surface area is 233 Å². The molecule has 1 spiro atoms. The number of likely N-dealkylation sites (tertiary alicyclic amines) is 1. The highest BCUT2D eigenvalue weighted by Crippen LogP contribution is 2.74. The number of carbonyl (C=O) groups excluding carboxylic acids is 1. The van der Waals surface area contributed by atoms with Crippen LogP contribution in [0.3, 0.4) is 0 Å². The molecular formula is C33H46N2O4. The van der Waals surface area contributed by atoms with Crippen LogP contribution in [0.25, 0.3) is 0 Å². The third-order valence-electron chi connectivity index (χ3n) is 12.1. The molecule has 0 bridgehead atoms. The predicted octanol–water partition coefficient (Wildman–Crippen LogP) is 5.65. The lowest BCUT2D eigenvalue weighted by atomic mass is 9.68. The summed E-state index contributed by atoms with van der Waals surface area (Å²) in [7, 11) is 0. The highest BCUT2D eigenvalue weighted by Gasteiger charge is 2.74. The number of aryl methyl sites for hydroxylation is 1. The van der Waals surface area contributed by atoms with Gasteiger partial charge in [-0.3, -0.25) is 9.59 Å². The van der Waals surface area contributed by atoms with Crippen molar-refractivity contribution in [1.82, 2.24) is 4.90 Å². The summed E-state index contributed by atoms with van der Waals surface area (Å²) in [5.41, 5.74) is 2.58. The number of benzene rings is 1. The molecule has 0 aromatic heterocycles. The Kier molecular flexibility index (Phi) is 6.30. The third kappa shape index (κ3) is 4.22. The number of rotatable bonds is 5. The second kappa shape index (κ2) is 9.49. The minimum Gasteiger partial charge on any atom is -0.481 e. The van der Waals surface area contributed by atoms with Gasteiger partial charge in [-0.1, -0.05) is 31.4 Å². The molecule has 4 aliphatic carbocycles. The lowest BCUT2D eigenvalue weighted by Gasteiger charge is -2.41. The second-order valence-electron chi connectivity index (χ2n) is 14.1. The summed E-state index contributed by atoms with van der Waals surface area (Å²) >= 11 is 0. The maximum absolute atomic E-state index is 12.8. The number of hydrogen-bond acceptors (Lipinski definition) is 4. The SMILES string of the molecule is O=C(N1CCC2(CC1)C[C@@]2(C(=O)O)C1CCC(c2ccc3c(c2)N(C2CCCCC2)CCC3)CC1)C1(O)CC1. The van der Waals surface area contributed by atoms with Crippen LogP contribution in [0.15, 0.2) is 18.2 Å². The Morgan fingerprint density at radius 1 is 0.846 bits per heavy atom. The van der Waals surface area contributed by atoms with Crippen LogP contribution in [0, 0.1) is 16.7 Å². The summed E-state index contributed by atoms with van der Waals surface area (Å²) in [4.78, 5) is 30.0. The zero-order valence-electron chi connectivity index (χ0n) is 23.5. The molecule has 0 radical (unpaired) electrons. The van der Waals surface area contributed by atoms with E-state index in [0.717, 1.165) is 44.9 Å². The number of nitrogens with zero attached hydrogens (tertiary/aromatic N) is 2. The van der Waals surface area contributed by atoms with Crippen molar-refractivity contribution in [2.75, 3.05) is 24.5 Å². The first kappa shape index (κ1) is 25.9. The van der Waals surface area contributed by atoms with Crippen LogP contribution >= 0.6 is 0 Å². The van der Waals surface area contributed by atoms with Crippen LogP contribution in [0.1, 0.15) is 113 Å². The molecule has 6 nitrogen and oxygen atoms in total. The fourth-order valence-corrected chi connectivity index (χ4v) is 9.50. The second-order valence-corrected chi connectivity index (χ2v) is 14.1. The summed E-state index contributed by atoms with van der Waals surface area (Å²) < 4.78 is 0. The first-order valence-corrected chi connectivity index (χ1v) is 16.0. The number of aliphatic carboxylic acids is 1. The molecular weight excluding hydrogens is 488 g/mol. The van der Waals surface area contributed by atoms with E-state index in [9.17, 15) is 19.8 Å². The number of carbonyl (C=O) groups is 2. The molecule has 1 aromatic rings. The standard InChI is InChI=1S/C33H46N2O4/c36-29(32(39)14-15-32)34-19-16-31(17-20-34)22-33(31,30(37)38)26-12-10-23(11-13-26)25-9-8-24-5-4-18-35(28(24)21-25)27-6-2-1-3-7-27/h8-9,21,23,26-27,39H,1-7,10-20,22H2,(H,37,38)/t23?,26?,33-/m0/s1. The van der Waals surface area contributed by atoms with Gasteiger partial charge in [0.2, 0.25) is 0 Å². The lowest BCUT2D eigenvalue weighted by molar-refractivity contribution is -0.150. The van der Waals surface area contributed by atoms with Gasteiger partial charge in [0, 0.05) is 31.4 Å². The minimum absolute atomic E-state index is 0.133. The summed E-state index contributed by atoms with van der Waals surface area (Å²) in [6.07, 6.45) is 16.8. The van der Waals surface area contributed by atoms with Gasteiger partial charge in [-0.15, -0.1) is 0 Å². The Bertz CT molecular complexity index is 1120. The van der Waals surface area contributed by atoms with E-state index in [1.54, 1.807) is 4.90 Å². The van der Waals surface area contributed by atoms with Gasteiger partial charge in [-0.05, 0) is 118 Å². The van der Waals surface area contributed by atoms with E-state index >= 15 is 0 Å². The van der Waals surface area contributed by atoms with Crippen molar-refractivity contribution in [2.24, 2.45) is 16.7 Å². The van der Waals surface area contributed by atoms with Crippen molar-refractivity contribution in [2.45, 2.75) is 120 Å². The van der Waals surface area contributed by atoms with Crippen molar-refractivity contribution in [1.29, 1.82) is 0 Å². The van der Waals surface area contributed by atoms with Gasteiger partial charge in [-0.25, -0.2) is 0 Å². The first-order valence-electron chi connectivity index (χ1n) is 16.0. The molecule has 2 heterocycles. The molecule has 39 heavy (non-hydrogen) atoms. The summed E-state index contributed by atoms with van der Waals surface area (Å²) in [6, 6.07) is 7.99. The van der Waals surface area contributed by atoms with E-state index in [1.807, 2.05) is 0 Å². The largest absolute Gasteiger partial charge is 0.481 e. The monoisotopic (exact) mass is 534 g/mol. The number of piperidine rings is 1. The maximum atomic E-state index is 12.8. The molecule has 1 atom stereocenters. The summed E-state index contributed by atoms with van der Waals surface area (Å²) in [5, 5.41) is 20.8. The van der Waals surface area contributed by atoms with Crippen LogP contribution < -0.4 is 4.90 Å². The summed E-state index contributed by atoms with van der Waals surface area (Å²) in [5.74, 6) is 0.0217. The van der Waals surface area contributed by atoms with Crippen LogP contribution in [-0.2, 0) is 16.0 Å². The van der Waals surface area contributed by atoms with E-state index in [0.29, 0.717) is 37.9 Å². The van der Waals surface area contributed by atoms with Crippen molar-refractivity contribution in [3.8, 4) is 0 Å². The molecule has 7 rings (SSSR count). The van der Waals surface area contributed by atoms with Crippen molar-refractivity contribution < 1.29 is 19.8 Å². The average molecular weight is 535 g/mol. The van der Waals surface area contributed by atoms with Gasteiger partial charge >= 0.3 is 5.97 Å². The fourth-order valence-electron chi connectivity index (χ4n) is 9.50. The van der Waals surface area contributed by atoms with Crippen LogP contribution in [0.2, 0.25) is 0 Å². The highest BCUT2D eigenvalue weighted by atomic mass is 16.4. The Balaban J connectivity index is 1.02. The van der Waals surface area contributed by atoms with Crippen LogP contribution in [0.4, 0.5) is 5.69 Å². The molecule has 212 valence electrons. The Hall–Kier alpha value is -2.08. The summed E-state index contributed by atoms with van der Waals surface area (Å²) in [6.45, 7) is 2.38. The highest BCUT2D eigenvalue weighted by molar-refractivity contribution is 5.88. The van der Waals surface area contributed by atoms with Gasteiger partial charge in [0.1, 0.15) is 5.60 Å². The Morgan fingerprint density at radius 2 is 1.56 bits per heavy atom. The van der Waals surface area contributed by atoms with E-state index in [1.165, 1.54) is 68.3 Å². The zero-order valence-corrected chi connectivity index (χ0v) is 23.5. The molecule has 6 heteroatoms. The van der Waals surface area contributed by atoms with E-state index in [2.05, 4.69) is 23.1 Å². The van der Waals surface area contributed by atoms with Crippen molar-refractivity contribution in [3.05, 3.63) is 29.3 Å². The number of hydrogen-bond donors (Lipinski definition) is 2. The van der Waals surface area contributed by atoms with Gasteiger partial charge in [0.15, 0.2) is 0 Å². The number of aliphatic hydroxyl groups is 1. The lowest BCUT2D eigenvalue weighted by Crippen LogP contribution is -2.47. The van der Waals surface area contributed by atoms with Crippen LogP contribution in [0.5, 0.6) is 0 Å². The quantitative estimate of drug-likeness (QED) is 0.510. The number of carboxylic acid groups (broad SMARTS) is 1. The Morgan fingerprint density at radius 3 is 2.23 bits per heavy atom. The van der Waals surface area contributed by atoms with Gasteiger partial charge in [0.25, 0.3) is 5.91 Å². The van der Waals surface area contributed by atoms with Gasteiger partial charge in [0.05, 0.1) is 5.41 Å². The molecule has 6 aliphatic rings. The molecule has 0 unspecified atom stereocenters. The smallest absolute Gasteiger partial charge is 0.310 e. The topological polar surface area (TPSA) is 81.1 Å². The molecule has 1 amide bonds. The maximum Gasteiger partial charge on any atom is 0.310 e. The number of carboxylic acids is 1. The molecule has 1 saturated heterocycles. The van der Waals surface area contributed by atoms with E-state index in [4.69, 9.17) is 0 Å². The van der Waals surface area contributed by atoms with Crippen molar-refractivity contribution >= 4 is 17.6 Å². The fraction of sp³-hybridized carbons (Fsp3) is 0.758. The third-order valence-corrected chi connectivity index (χ3v) is 12.1. The van der Waals surface area contributed by atoms with Gasteiger partial charge < -0.3 is 20.0 Å². The first-order chi connectivity index (χ1) is 18.9. The molecule has 4 saturated carbocycles. The zero-order chi connectivity index (χ0) is 26.8. The van der Waals surface area contributed by atoms with Gasteiger partial charge in [-0.2, -0.15) is 0 Å². The van der Waals surface area contributed by atoms with Crippen LogP contribution in [-0.4, -0.2) is 58.3 Å². The molecule has 2 aliphatic heterocycles. The van der Waals surface area contributed by atoms with E-state index < -0.39 is 17.0 Å². The average Bonchev–Trinajstić information content (AvgIpc) is 3.88. The van der Waals surface area contributed by atoms with Crippen molar-refractivity contribution in [3.63, 3.8) is 0 Å². The molecule has 5 fully saturated rings. The number of anilines is 1. The number of amides is 1. The normalized spacial score (nSPS) is 33.5. The number of fused-ring (bicyclic) bond motifs is 1. The van der Waals surface area contributed by atoms with E-state index in [-0.39, 0.29) is 17.2 Å².